The molecule has 1 N–H and O–H groups in total. The Hall–Kier alpha value is -2.23. The Balaban J connectivity index is 1.86. The van der Waals surface area contributed by atoms with E-state index in [1.807, 2.05) is 0 Å². The van der Waals surface area contributed by atoms with Gasteiger partial charge in [0, 0.05) is 18.7 Å². The summed E-state index contributed by atoms with van der Waals surface area (Å²) in [6, 6.07) is 15.1. The Kier molecular flexibility index (Phi) is 7.37. The number of benzene rings is 1. The Morgan fingerprint density at radius 2 is 1.89 bits per heavy atom. The second kappa shape index (κ2) is 10.2. The van der Waals surface area contributed by atoms with Crippen LogP contribution in [0.1, 0.15) is 42.3 Å². The minimum Gasteiger partial charge on any atom is -0.314 e. The first-order valence-corrected chi connectivity index (χ1v) is 10.1. The Morgan fingerprint density at radius 3 is 2.63 bits per heavy atom. The molecule has 0 saturated carbocycles. The van der Waals surface area contributed by atoms with Crippen molar-refractivity contribution in [3.8, 4) is 0 Å². The zero-order chi connectivity index (χ0) is 18.9. The van der Waals surface area contributed by atoms with Crippen LogP contribution >= 0.6 is 0 Å². The summed E-state index contributed by atoms with van der Waals surface area (Å²) in [5.74, 6) is 0. The highest BCUT2D eigenvalue weighted by atomic mass is 15.1. The standard InChI is InChI=1S/C24H31N3/c1-3-25-16-7-9-22-8-6-10-24(26-22)23(15-19-27-17-4-5-18-27)21-13-11-20(2)12-14-21/h6-15,25H,3-5,16-19H2,1-2H3/b9-7+,23-15+. The van der Waals surface area contributed by atoms with Crippen LogP contribution in [0.15, 0.2) is 54.6 Å². The molecule has 0 radical (unpaired) electrons. The van der Waals surface area contributed by atoms with Crippen molar-refractivity contribution in [3.63, 3.8) is 0 Å². The van der Waals surface area contributed by atoms with Crippen molar-refractivity contribution in [1.82, 2.24) is 15.2 Å². The van der Waals surface area contributed by atoms with Crippen LogP contribution in [-0.2, 0) is 0 Å². The number of hydrogen-bond donors (Lipinski definition) is 1. The van der Waals surface area contributed by atoms with Gasteiger partial charge in [0.1, 0.15) is 0 Å². The molecule has 1 saturated heterocycles. The fourth-order valence-electron chi connectivity index (χ4n) is 3.39. The van der Waals surface area contributed by atoms with E-state index < -0.39 is 0 Å². The van der Waals surface area contributed by atoms with Gasteiger partial charge in [-0.2, -0.15) is 0 Å². The molecule has 0 aliphatic carbocycles. The summed E-state index contributed by atoms with van der Waals surface area (Å²) in [7, 11) is 0. The molecule has 1 aliphatic heterocycles. The molecule has 3 rings (SSSR count). The topological polar surface area (TPSA) is 28.2 Å². The fourth-order valence-corrected chi connectivity index (χ4v) is 3.39. The molecule has 142 valence electrons. The summed E-state index contributed by atoms with van der Waals surface area (Å²) in [5.41, 5.74) is 5.80. The molecule has 0 amide bonds. The minimum absolute atomic E-state index is 0.873. The van der Waals surface area contributed by atoms with Gasteiger partial charge in [-0.1, -0.05) is 55.0 Å². The van der Waals surface area contributed by atoms with Crippen molar-refractivity contribution in [1.29, 1.82) is 0 Å². The average molecular weight is 362 g/mol. The number of nitrogens with one attached hydrogen (secondary N) is 1. The van der Waals surface area contributed by atoms with Gasteiger partial charge in [-0.3, -0.25) is 4.90 Å². The first-order valence-electron chi connectivity index (χ1n) is 10.1. The lowest BCUT2D eigenvalue weighted by Gasteiger charge is -2.14. The minimum atomic E-state index is 0.873. The van der Waals surface area contributed by atoms with Gasteiger partial charge in [-0.15, -0.1) is 0 Å². The van der Waals surface area contributed by atoms with Crippen LogP contribution in [0.5, 0.6) is 0 Å². The third-order valence-electron chi connectivity index (χ3n) is 4.96. The van der Waals surface area contributed by atoms with E-state index in [1.165, 1.54) is 42.6 Å². The number of pyridine rings is 1. The molecular weight excluding hydrogens is 330 g/mol. The lowest BCUT2D eigenvalue weighted by molar-refractivity contribution is 0.377. The van der Waals surface area contributed by atoms with Gasteiger partial charge < -0.3 is 5.32 Å². The zero-order valence-electron chi connectivity index (χ0n) is 16.6. The maximum absolute atomic E-state index is 4.91. The van der Waals surface area contributed by atoms with E-state index in [1.54, 1.807) is 0 Å². The highest BCUT2D eigenvalue weighted by Crippen LogP contribution is 2.23. The molecule has 27 heavy (non-hydrogen) atoms. The molecule has 0 spiro atoms. The van der Waals surface area contributed by atoms with E-state index in [4.69, 9.17) is 4.98 Å². The van der Waals surface area contributed by atoms with Gasteiger partial charge in [0.2, 0.25) is 0 Å². The van der Waals surface area contributed by atoms with Crippen molar-refractivity contribution < 1.29 is 0 Å². The third-order valence-corrected chi connectivity index (χ3v) is 4.96. The SMILES string of the molecule is CCNC/C=C/c1cccc(/C(=C/CN2CCCC2)c2ccc(C)cc2)n1. The zero-order valence-corrected chi connectivity index (χ0v) is 16.6. The van der Waals surface area contributed by atoms with Crippen LogP contribution in [0, 0.1) is 6.92 Å². The van der Waals surface area contributed by atoms with Crippen LogP contribution in [0.25, 0.3) is 11.6 Å². The molecule has 1 aromatic carbocycles. The molecule has 1 aromatic heterocycles. The molecule has 1 aliphatic rings. The van der Waals surface area contributed by atoms with Crippen LogP contribution in [-0.4, -0.2) is 42.6 Å². The summed E-state index contributed by atoms with van der Waals surface area (Å²) in [6.07, 6.45) is 9.22. The first kappa shape index (κ1) is 19.5. The number of hydrogen-bond acceptors (Lipinski definition) is 3. The molecule has 3 heteroatoms. The van der Waals surface area contributed by atoms with E-state index in [0.29, 0.717) is 0 Å². The second-order valence-electron chi connectivity index (χ2n) is 7.15. The van der Waals surface area contributed by atoms with Gasteiger partial charge in [0.15, 0.2) is 0 Å². The highest BCUT2D eigenvalue weighted by molar-refractivity contribution is 5.78. The highest BCUT2D eigenvalue weighted by Gasteiger charge is 2.12. The van der Waals surface area contributed by atoms with Gasteiger partial charge in [-0.25, -0.2) is 4.98 Å². The average Bonchev–Trinajstić information content (AvgIpc) is 3.21. The molecular formula is C24H31N3. The number of aryl methyl sites for hydroxylation is 1. The first-order chi connectivity index (χ1) is 13.3. The van der Waals surface area contributed by atoms with Crippen molar-refractivity contribution in [3.05, 3.63) is 77.1 Å². The van der Waals surface area contributed by atoms with Crippen molar-refractivity contribution >= 4 is 11.6 Å². The molecule has 1 fully saturated rings. The van der Waals surface area contributed by atoms with E-state index in [2.05, 4.69) is 84.8 Å². The molecule has 0 atom stereocenters. The number of nitrogens with zero attached hydrogens (tertiary/aromatic N) is 2. The summed E-state index contributed by atoms with van der Waals surface area (Å²) < 4.78 is 0. The maximum atomic E-state index is 4.91. The molecule has 0 bridgehead atoms. The van der Waals surface area contributed by atoms with Crippen molar-refractivity contribution in [2.45, 2.75) is 26.7 Å². The molecule has 3 nitrogen and oxygen atoms in total. The van der Waals surface area contributed by atoms with E-state index in [9.17, 15) is 0 Å². The quantitative estimate of drug-likeness (QED) is 0.700. The smallest absolute Gasteiger partial charge is 0.0712 e. The number of aromatic nitrogens is 1. The Labute approximate surface area is 163 Å². The van der Waals surface area contributed by atoms with Gasteiger partial charge in [0.25, 0.3) is 0 Å². The molecule has 0 unspecified atom stereocenters. The van der Waals surface area contributed by atoms with Gasteiger partial charge in [-0.05, 0) is 63.2 Å². The predicted octanol–water partition coefficient (Wildman–Crippen LogP) is 4.54. The van der Waals surface area contributed by atoms with Crippen LogP contribution in [0.2, 0.25) is 0 Å². The van der Waals surface area contributed by atoms with Gasteiger partial charge in [0.05, 0.1) is 11.4 Å². The molecule has 2 aromatic rings. The van der Waals surface area contributed by atoms with E-state index in [0.717, 1.165) is 31.0 Å². The largest absolute Gasteiger partial charge is 0.314 e. The summed E-state index contributed by atoms with van der Waals surface area (Å²) in [5, 5.41) is 3.31. The summed E-state index contributed by atoms with van der Waals surface area (Å²) >= 11 is 0. The van der Waals surface area contributed by atoms with E-state index >= 15 is 0 Å². The normalized spacial score (nSPS) is 15.7. The van der Waals surface area contributed by atoms with Gasteiger partial charge >= 0.3 is 0 Å². The van der Waals surface area contributed by atoms with Crippen LogP contribution in [0.3, 0.4) is 0 Å². The fraction of sp³-hybridized carbons (Fsp3) is 0.375. The maximum Gasteiger partial charge on any atom is 0.0712 e. The lowest BCUT2D eigenvalue weighted by atomic mass is 10.00. The van der Waals surface area contributed by atoms with Crippen LogP contribution in [0.4, 0.5) is 0 Å². The third kappa shape index (κ3) is 5.88. The number of rotatable bonds is 8. The Morgan fingerprint density at radius 1 is 1.11 bits per heavy atom. The second-order valence-corrected chi connectivity index (χ2v) is 7.15. The lowest BCUT2D eigenvalue weighted by Crippen LogP contribution is -2.19. The monoisotopic (exact) mass is 361 g/mol. The van der Waals surface area contributed by atoms with Crippen LogP contribution < -0.4 is 5.32 Å². The Bertz CT molecular complexity index is 768. The summed E-state index contributed by atoms with van der Waals surface area (Å²) in [4.78, 5) is 7.44. The number of likely N-dealkylation sites (N-methyl/N-ethyl adjacent to an activating group) is 1. The molecule has 2 heterocycles. The van der Waals surface area contributed by atoms with E-state index in [-0.39, 0.29) is 0 Å². The number of likely N-dealkylation sites (tertiary alicyclic amines) is 1. The summed E-state index contributed by atoms with van der Waals surface area (Å²) in [6.45, 7) is 9.51. The van der Waals surface area contributed by atoms with Crippen molar-refractivity contribution in [2.24, 2.45) is 0 Å². The predicted molar refractivity (Wildman–Crippen MR) is 116 cm³/mol. The van der Waals surface area contributed by atoms with Crippen molar-refractivity contribution in [2.75, 3.05) is 32.7 Å².